The van der Waals surface area contributed by atoms with Gasteiger partial charge in [-0.3, -0.25) is 14.4 Å². The van der Waals surface area contributed by atoms with Crippen molar-refractivity contribution in [2.24, 2.45) is 11.1 Å². The lowest BCUT2D eigenvalue weighted by Gasteiger charge is -2.34. The van der Waals surface area contributed by atoms with Crippen LogP contribution in [0.2, 0.25) is 0 Å². The Bertz CT molecular complexity index is 639. The van der Waals surface area contributed by atoms with Gasteiger partial charge in [-0.1, -0.05) is 0 Å². The summed E-state index contributed by atoms with van der Waals surface area (Å²) in [5.41, 5.74) is 4.55. The monoisotopic (exact) mass is 440 g/mol. The maximum Gasteiger partial charge on any atom is 0.245 e. The van der Waals surface area contributed by atoms with Crippen molar-refractivity contribution in [1.29, 1.82) is 0 Å². The third kappa shape index (κ3) is 5.96. The maximum absolute atomic E-state index is 13.5. The second-order valence-corrected chi connectivity index (χ2v) is 9.41. The molecule has 0 unspecified atom stereocenters. The van der Waals surface area contributed by atoms with E-state index in [2.05, 4.69) is 5.32 Å². The van der Waals surface area contributed by atoms with Gasteiger partial charge in [0, 0.05) is 13.1 Å². The molecule has 0 radical (unpaired) electrons. The molecule has 2 aliphatic rings. The van der Waals surface area contributed by atoms with Crippen LogP contribution in [-0.4, -0.2) is 88.2 Å². The minimum absolute atomic E-state index is 0.0708. The van der Waals surface area contributed by atoms with E-state index in [4.69, 9.17) is 5.73 Å². The molecule has 31 heavy (non-hydrogen) atoms. The number of unbranched alkanes of at least 4 members (excludes halogenated alkanes) is 1. The molecule has 9 nitrogen and oxygen atoms in total. The number of nitrogens with one attached hydrogen (secondary N) is 1. The highest BCUT2D eigenvalue weighted by molar-refractivity contribution is 5.93. The lowest BCUT2D eigenvalue weighted by molar-refractivity contribution is -0.147. The molecular weight excluding hydrogens is 400 g/mol. The molecule has 2 rings (SSSR count). The van der Waals surface area contributed by atoms with Crippen LogP contribution in [0, 0.1) is 5.41 Å². The lowest BCUT2D eigenvalue weighted by Crippen LogP contribution is -2.57. The first-order chi connectivity index (χ1) is 14.6. The van der Waals surface area contributed by atoms with E-state index in [1.54, 1.807) is 30.6 Å². The molecule has 0 bridgehead atoms. The summed E-state index contributed by atoms with van der Waals surface area (Å²) in [4.78, 5) is 42.7. The highest BCUT2D eigenvalue weighted by Gasteiger charge is 2.42. The van der Waals surface area contributed by atoms with Gasteiger partial charge in [0.1, 0.15) is 12.1 Å². The molecule has 0 aromatic heterocycles. The summed E-state index contributed by atoms with van der Waals surface area (Å²) in [5.74, 6) is -0.767. The summed E-state index contributed by atoms with van der Waals surface area (Å²) < 4.78 is 0. The molecule has 3 amide bonds. The maximum atomic E-state index is 13.5. The zero-order valence-corrected chi connectivity index (χ0v) is 19.2. The fourth-order valence-electron chi connectivity index (χ4n) is 4.28. The first-order valence-corrected chi connectivity index (χ1v) is 11.6. The zero-order valence-electron chi connectivity index (χ0n) is 19.2. The van der Waals surface area contributed by atoms with Gasteiger partial charge in [0.05, 0.1) is 24.2 Å². The molecule has 2 heterocycles. The molecule has 2 saturated heterocycles. The number of hydrogen-bond acceptors (Lipinski definition) is 6. The van der Waals surface area contributed by atoms with Gasteiger partial charge >= 0.3 is 0 Å². The molecule has 178 valence electrons. The van der Waals surface area contributed by atoms with E-state index < -0.39 is 29.5 Å². The van der Waals surface area contributed by atoms with Gasteiger partial charge in [0.2, 0.25) is 17.7 Å². The minimum Gasteiger partial charge on any atom is -0.394 e. The summed E-state index contributed by atoms with van der Waals surface area (Å²) in [6.07, 6.45) is 3.89. The van der Waals surface area contributed by atoms with Gasteiger partial charge in [-0.2, -0.15) is 0 Å². The Labute approximate surface area is 185 Å². The van der Waals surface area contributed by atoms with Crippen LogP contribution < -0.4 is 11.1 Å². The number of aliphatic hydroxyl groups excluding tert-OH is 2. The van der Waals surface area contributed by atoms with Crippen LogP contribution in [-0.2, 0) is 14.4 Å². The fourth-order valence-corrected chi connectivity index (χ4v) is 4.28. The number of carbonyl (C=O) groups is 3. The SMILES string of the molecule is C[C@@H](O)C(C)(C)C(=O)N[C@@H](CCCCN)C(=O)N1CCC[C@H]1C(=O)N1CCC[C@H]1CO. The third-order valence-corrected chi connectivity index (χ3v) is 6.87. The predicted octanol–water partition coefficient (Wildman–Crippen LogP) is -0.0185. The highest BCUT2D eigenvalue weighted by Crippen LogP contribution is 2.26. The summed E-state index contributed by atoms with van der Waals surface area (Å²) in [6.45, 7) is 6.32. The van der Waals surface area contributed by atoms with Gasteiger partial charge in [-0.05, 0) is 72.3 Å². The topological polar surface area (TPSA) is 136 Å². The van der Waals surface area contributed by atoms with Crippen LogP contribution in [0.25, 0.3) is 0 Å². The van der Waals surface area contributed by atoms with Crippen molar-refractivity contribution in [3.63, 3.8) is 0 Å². The summed E-state index contributed by atoms with van der Waals surface area (Å²) in [7, 11) is 0. The Hall–Kier alpha value is -1.71. The Morgan fingerprint density at radius 3 is 2.39 bits per heavy atom. The van der Waals surface area contributed by atoms with Crippen molar-refractivity contribution >= 4 is 17.7 Å². The van der Waals surface area contributed by atoms with Gasteiger partial charge in [-0.25, -0.2) is 0 Å². The molecule has 5 N–H and O–H groups in total. The molecule has 0 aliphatic carbocycles. The quantitative estimate of drug-likeness (QED) is 0.353. The van der Waals surface area contributed by atoms with E-state index in [1.807, 2.05) is 0 Å². The number of aliphatic hydroxyl groups is 2. The first kappa shape index (κ1) is 25.5. The van der Waals surface area contributed by atoms with Crippen LogP contribution in [0.15, 0.2) is 0 Å². The van der Waals surface area contributed by atoms with Crippen LogP contribution in [0.3, 0.4) is 0 Å². The van der Waals surface area contributed by atoms with E-state index in [-0.39, 0.29) is 24.5 Å². The van der Waals surface area contributed by atoms with E-state index in [0.29, 0.717) is 38.9 Å². The van der Waals surface area contributed by atoms with E-state index in [1.165, 1.54) is 0 Å². The zero-order chi connectivity index (χ0) is 23.2. The van der Waals surface area contributed by atoms with E-state index in [9.17, 15) is 24.6 Å². The van der Waals surface area contributed by atoms with Crippen LogP contribution >= 0.6 is 0 Å². The Kier molecular flexibility index (Phi) is 9.27. The predicted molar refractivity (Wildman–Crippen MR) is 117 cm³/mol. The minimum atomic E-state index is -1.05. The number of nitrogens with two attached hydrogens (primary N) is 1. The van der Waals surface area contributed by atoms with Gasteiger partial charge < -0.3 is 31.1 Å². The number of rotatable bonds is 10. The largest absolute Gasteiger partial charge is 0.394 e. The van der Waals surface area contributed by atoms with Crippen LogP contribution in [0.1, 0.15) is 65.7 Å². The van der Waals surface area contributed by atoms with Crippen LogP contribution in [0.4, 0.5) is 0 Å². The summed E-state index contributed by atoms with van der Waals surface area (Å²) in [5, 5.41) is 22.4. The van der Waals surface area contributed by atoms with E-state index in [0.717, 1.165) is 25.7 Å². The van der Waals surface area contributed by atoms with Gasteiger partial charge in [-0.15, -0.1) is 0 Å². The van der Waals surface area contributed by atoms with Crippen LogP contribution in [0.5, 0.6) is 0 Å². The normalized spacial score (nSPS) is 23.7. The lowest BCUT2D eigenvalue weighted by atomic mass is 9.86. The standard InChI is InChI=1S/C22H40N4O5/c1-15(28)22(2,3)21(31)24-17(9-4-5-11-23)19(29)26-13-7-10-18(26)20(30)25-12-6-8-16(25)14-27/h15-18,27-28H,4-14,23H2,1-3H3,(H,24,31)/t15-,16+,17+,18+/m1/s1. The van der Waals surface area contributed by atoms with Crippen molar-refractivity contribution in [3.05, 3.63) is 0 Å². The highest BCUT2D eigenvalue weighted by atomic mass is 16.3. The molecule has 2 fully saturated rings. The molecule has 0 aromatic carbocycles. The molecule has 0 saturated carbocycles. The van der Waals surface area contributed by atoms with E-state index >= 15 is 0 Å². The average molecular weight is 441 g/mol. The third-order valence-electron chi connectivity index (χ3n) is 6.87. The Morgan fingerprint density at radius 1 is 1.13 bits per heavy atom. The average Bonchev–Trinajstić information content (AvgIpc) is 3.41. The number of nitrogens with zero attached hydrogens (tertiary/aromatic N) is 2. The van der Waals surface area contributed by atoms with Crippen molar-refractivity contribution in [2.75, 3.05) is 26.2 Å². The molecule has 9 heteroatoms. The molecule has 0 spiro atoms. The van der Waals surface area contributed by atoms with Crippen molar-refractivity contribution < 1.29 is 24.6 Å². The molecule has 2 aliphatic heterocycles. The first-order valence-electron chi connectivity index (χ1n) is 11.6. The number of carbonyl (C=O) groups excluding carboxylic acids is 3. The molecule has 4 atom stereocenters. The van der Waals surface area contributed by atoms with Gasteiger partial charge in [0.15, 0.2) is 0 Å². The second-order valence-electron chi connectivity index (χ2n) is 9.41. The van der Waals surface area contributed by atoms with Crippen molar-refractivity contribution in [3.8, 4) is 0 Å². The molecular formula is C22H40N4O5. The Balaban J connectivity index is 2.15. The summed E-state index contributed by atoms with van der Waals surface area (Å²) >= 11 is 0. The fraction of sp³-hybridized carbons (Fsp3) is 0.864. The Morgan fingerprint density at radius 2 is 1.77 bits per heavy atom. The summed E-state index contributed by atoms with van der Waals surface area (Å²) in [6, 6.07) is -1.51. The molecule has 0 aromatic rings. The van der Waals surface area contributed by atoms with Crippen molar-refractivity contribution in [1.82, 2.24) is 15.1 Å². The van der Waals surface area contributed by atoms with Gasteiger partial charge in [0.25, 0.3) is 0 Å². The van der Waals surface area contributed by atoms with Crippen molar-refractivity contribution in [2.45, 2.75) is 89.9 Å². The second kappa shape index (κ2) is 11.2. The smallest absolute Gasteiger partial charge is 0.245 e. The number of amides is 3. The number of hydrogen-bond donors (Lipinski definition) is 4. The number of likely N-dealkylation sites (tertiary alicyclic amines) is 2.